The summed E-state index contributed by atoms with van der Waals surface area (Å²) in [7, 11) is 0. The molecular weight excluding hydrogens is 278 g/mol. The van der Waals surface area contributed by atoms with Crippen molar-refractivity contribution in [2.45, 2.75) is 25.3 Å². The standard InChI is InChI=1S/C16H17N5O/c22-16-14(5-1-2-8-18-16)20-11-10-17-15(20)13-6-3-4-12-7-9-19-21(12)13/h3-4,6-7,9-11,14H,1-2,5,8H2,(H,18,22). The van der Waals surface area contributed by atoms with Crippen LogP contribution >= 0.6 is 0 Å². The molecule has 0 aromatic carbocycles. The largest absolute Gasteiger partial charge is 0.354 e. The number of amides is 1. The van der Waals surface area contributed by atoms with Gasteiger partial charge in [0.2, 0.25) is 5.91 Å². The second-order valence-corrected chi connectivity index (χ2v) is 5.54. The molecule has 22 heavy (non-hydrogen) atoms. The van der Waals surface area contributed by atoms with E-state index in [2.05, 4.69) is 15.4 Å². The van der Waals surface area contributed by atoms with E-state index < -0.39 is 0 Å². The van der Waals surface area contributed by atoms with Crippen molar-refractivity contribution < 1.29 is 4.79 Å². The second-order valence-electron chi connectivity index (χ2n) is 5.54. The van der Waals surface area contributed by atoms with Crippen molar-refractivity contribution in [3.05, 3.63) is 42.9 Å². The molecule has 0 spiro atoms. The van der Waals surface area contributed by atoms with Crippen molar-refractivity contribution in [1.29, 1.82) is 0 Å². The minimum atomic E-state index is -0.203. The molecule has 3 aromatic heterocycles. The Morgan fingerprint density at radius 1 is 1.18 bits per heavy atom. The lowest BCUT2D eigenvalue weighted by Crippen LogP contribution is -2.31. The number of nitrogens with zero attached hydrogens (tertiary/aromatic N) is 4. The number of rotatable bonds is 2. The number of carbonyl (C=O) groups is 1. The molecule has 1 saturated heterocycles. The van der Waals surface area contributed by atoms with Crippen LogP contribution in [0, 0.1) is 0 Å². The van der Waals surface area contributed by atoms with Crippen LogP contribution in [-0.2, 0) is 4.79 Å². The van der Waals surface area contributed by atoms with E-state index in [9.17, 15) is 4.79 Å². The molecule has 4 heterocycles. The van der Waals surface area contributed by atoms with Gasteiger partial charge in [0.25, 0.3) is 0 Å². The van der Waals surface area contributed by atoms with Crippen LogP contribution in [0.15, 0.2) is 42.9 Å². The molecule has 4 rings (SSSR count). The smallest absolute Gasteiger partial charge is 0.243 e. The molecule has 1 atom stereocenters. The third kappa shape index (κ3) is 2.07. The highest BCUT2D eigenvalue weighted by Crippen LogP contribution is 2.26. The molecule has 0 radical (unpaired) electrons. The van der Waals surface area contributed by atoms with Crippen LogP contribution < -0.4 is 5.32 Å². The zero-order chi connectivity index (χ0) is 14.9. The van der Waals surface area contributed by atoms with Gasteiger partial charge in [0.15, 0.2) is 5.82 Å². The first-order valence-electron chi connectivity index (χ1n) is 7.58. The summed E-state index contributed by atoms with van der Waals surface area (Å²) in [5, 5.41) is 7.34. The summed E-state index contributed by atoms with van der Waals surface area (Å²) < 4.78 is 3.82. The molecular formula is C16H17N5O. The summed E-state index contributed by atoms with van der Waals surface area (Å²) in [6.45, 7) is 0.758. The molecule has 0 bridgehead atoms. The van der Waals surface area contributed by atoms with Crippen LogP contribution in [-0.4, -0.2) is 31.6 Å². The quantitative estimate of drug-likeness (QED) is 0.787. The Bertz CT molecular complexity index is 819. The van der Waals surface area contributed by atoms with E-state index >= 15 is 0 Å². The summed E-state index contributed by atoms with van der Waals surface area (Å²) in [6, 6.07) is 7.72. The van der Waals surface area contributed by atoms with Gasteiger partial charge in [0.1, 0.15) is 11.7 Å². The predicted molar refractivity (Wildman–Crippen MR) is 82.3 cm³/mol. The zero-order valence-corrected chi connectivity index (χ0v) is 12.1. The van der Waals surface area contributed by atoms with Crippen LogP contribution in [0.2, 0.25) is 0 Å². The minimum absolute atomic E-state index is 0.0735. The van der Waals surface area contributed by atoms with Crippen LogP contribution in [0.3, 0.4) is 0 Å². The van der Waals surface area contributed by atoms with E-state index in [1.807, 2.05) is 39.5 Å². The highest BCUT2D eigenvalue weighted by atomic mass is 16.2. The fraction of sp³-hybridized carbons (Fsp3) is 0.312. The van der Waals surface area contributed by atoms with E-state index in [0.717, 1.165) is 42.8 Å². The average molecular weight is 295 g/mol. The number of nitrogens with one attached hydrogen (secondary N) is 1. The van der Waals surface area contributed by atoms with Crippen molar-refractivity contribution in [2.75, 3.05) is 6.54 Å². The van der Waals surface area contributed by atoms with Gasteiger partial charge in [0, 0.05) is 18.9 Å². The molecule has 6 heteroatoms. The van der Waals surface area contributed by atoms with E-state index in [1.54, 1.807) is 12.4 Å². The number of pyridine rings is 1. The lowest BCUT2D eigenvalue weighted by molar-refractivity contribution is -0.124. The highest BCUT2D eigenvalue weighted by Gasteiger charge is 2.25. The van der Waals surface area contributed by atoms with E-state index in [4.69, 9.17) is 0 Å². The lowest BCUT2D eigenvalue weighted by Gasteiger charge is -2.18. The average Bonchev–Trinajstić information content (AvgIpc) is 3.15. The molecule has 0 aliphatic carbocycles. The Balaban J connectivity index is 1.83. The molecule has 1 N–H and O–H groups in total. The van der Waals surface area contributed by atoms with Gasteiger partial charge in [-0.25, -0.2) is 9.50 Å². The normalized spacial score (nSPS) is 19.1. The maximum Gasteiger partial charge on any atom is 0.243 e. The number of hydrogen-bond donors (Lipinski definition) is 1. The first-order chi connectivity index (χ1) is 10.8. The number of imidazole rings is 1. The highest BCUT2D eigenvalue weighted by molar-refractivity contribution is 5.81. The van der Waals surface area contributed by atoms with Crippen LogP contribution in [0.5, 0.6) is 0 Å². The fourth-order valence-corrected chi connectivity index (χ4v) is 3.07. The molecule has 1 fully saturated rings. The van der Waals surface area contributed by atoms with Gasteiger partial charge in [-0.15, -0.1) is 0 Å². The molecule has 6 nitrogen and oxygen atoms in total. The van der Waals surface area contributed by atoms with Crippen LogP contribution in [0.25, 0.3) is 17.0 Å². The van der Waals surface area contributed by atoms with Crippen molar-refractivity contribution in [3.8, 4) is 11.5 Å². The maximum absolute atomic E-state index is 12.3. The molecule has 3 aromatic rings. The molecule has 1 aliphatic heterocycles. The van der Waals surface area contributed by atoms with Crippen molar-refractivity contribution in [1.82, 2.24) is 24.5 Å². The molecule has 1 unspecified atom stereocenters. The summed E-state index contributed by atoms with van der Waals surface area (Å²) in [4.78, 5) is 16.8. The number of hydrogen-bond acceptors (Lipinski definition) is 3. The third-order valence-electron chi connectivity index (χ3n) is 4.16. The van der Waals surface area contributed by atoms with Gasteiger partial charge in [-0.05, 0) is 37.5 Å². The zero-order valence-electron chi connectivity index (χ0n) is 12.1. The van der Waals surface area contributed by atoms with Crippen LogP contribution in [0.1, 0.15) is 25.3 Å². The summed E-state index contributed by atoms with van der Waals surface area (Å²) in [5.74, 6) is 0.848. The van der Waals surface area contributed by atoms with Gasteiger partial charge < -0.3 is 9.88 Å². The van der Waals surface area contributed by atoms with Crippen molar-refractivity contribution >= 4 is 11.4 Å². The summed E-state index contributed by atoms with van der Waals surface area (Å²) in [6.07, 6.45) is 8.30. The van der Waals surface area contributed by atoms with Gasteiger partial charge >= 0.3 is 0 Å². The van der Waals surface area contributed by atoms with Gasteiger partial charge in [-0.2, -0.15) is 5.10 Å². The SMILES string of the molecule is O=C1NCCCCC1n1ccnc1-c1cccc2ccnn12. The summed E-state index contributed by atoms with van der Waals surface area (Å²) in [5.41, 5.74) is 1.90. The fourth-order valence-electron chi connectivity index (χ4n) is 3.07. The van der Waals surface area contributed by atoms with Gasteiger partial charge in [-0.1, -0.05) is 6.07 Å². The first-order valence-corrected chi connectivity index (χ1v) is 7.58. The molecule has 1 amide bonds. The molecule has 0 saturated carbocycles. The molecule has 1 aliphatic rings. The second kappa shape index (κ2) is 5.29. The van der Waals surface area contributed by atoms with E-state index in [1.165, 1.54) is 0 Å². The Hall–Kier alpha value is -2.63. The Kier molecular flexibility index (Phi) is 3.14. The third-order valence-corrected chi connectivity index (χ3v) is 4.16. The number of fused-ring (bicyclic) bond motifs is 1. The summed E-state index contributed by atoms with van der Waals surface area (Å²) >= 11 is 0. The monoisotopic (exact) mass is 295 g/mol. The van der Waals surface area contributed by atoms with E-state index in [-0.39, 0.29) is 11.9 Å². The minimum Gasteiger partial charge on any atom is -0.354 e. The maximum atomic E-state index is 12.3. The first kappa shape index (κ1) is 13.1. The van der Waals surface area contributed by atoms with Crippen molar-refractivity contribution in [3.63, 3.8) is 0 Å². The topological polar surface area (TPSA) is 64.2 Å². The predicted octanol–water partition coefficient (Wildman–Crippen LogP) is 2.04. The van der Waals surface area contributed by atoms with E-state index in [0.29, 0.717) is 0 Å². The number of aromatic nitrogens is 4. The Morgan fingerprint density at radius 2 is 2.14 bits per heavy atom. The molecule has 112 valence electrons. The Labute approximate surface area is 127 Å². The van der Waals surface area contributed by atoms with Gasteiger partial charge in [-0.3, -0.25) is 4.79 Å². The van der Waals surface area contributed by atoms with Gasteiger partial charge in [0.05, 0.1) is 11.7 Å². The Morgan fingerprint density at radius 3 is 3.09 bits per heavy atom. The van der Waals surface area contributed by atoms with Crippen LogP contribution in [0.4, 0.5) is 0 Å². The van der Waals surface area contributed by atoms with Crippen molar-refractivity contribution in [2.24, 2.45) is 0 Å². The number of carbonyl (C=O) groups excluding carboxylic acids is 1. The lowest BCUT2D eigenvalue weighted by atomic mass is 10.1.